The third-order valence-electron chi connectivity index (χ3n) is 3.03. The van der Waals surface area contributed by atoms with Crippen LogP contribution in [0.25, 0.3) is 0 Å². The summed E-state index contributed by atoms with van der Waals surface area (Å²) >= 11 is 0. The van der Waals surface area contributed by atoms with Crippen LogP contribution in [0.15, 0.2) is 0 Å². The largest absolute Gasteiger partial charge is 0.396 e. The number of carbonyl (C=O) groups is 1. The Morgan fingerprint density at radius 3 is 2.38 bits per heavy atom. The molecule has 76 valence electrons. The first kappa shape index (κ1) is 10.5. The van der Waals surface area contributed by atoms with Crippen molar-refractivity contribution in [1.29, 1.82) is 0 Å². The molecule has 1 saturated heterocycles. The first-order valence-electron chi connectivity index (χ1n) is 4.92. The Bertz CT molecular complexity index is 185. The van der Waals surface area contributed by atoms with E-state index < -0.39 is 0 Å². The summed E-state index contributed by atoms with van der Waals surface area (Å²) in [6.07, 6.45) is 0. The van der Waals surface area contributed by atoms with Gasteiger partial charge in [-0.25, -0.2) is 0 Å². The van der Waals surface area contributed by atoms with Gasteiger partial charge in [-0.1, -0.05) is 13.8 Å². The second kappa shape index (κ2) is 4.09. The van der Waals surface area contributed by atoms with Crippen LogP contribution in [0, 0.1) is 17.8 Å². The standard InChI is InChI=1S/C10H19NO2/c1-7(2)10(6-12)9-4-11(5-9)8(3)13/h7,9-10,12H,4-6H2,1-3H3. The van der Waals surface area contributed by atoms with Gasteiger partial charge in [0.15, 0.2) is 0 Å². The Labute approximate surface area is 79.7 Å². The second-order valence-corrected chi connectivity index (χ2v) is 4.27. The fraction of sp³-hybridized carbons (Fsp3) is 0.900. The number of aliphatic hydroxyl groups is 1. The number of likely N-dealkylation sites (tertiary alicyclic amines) is 1. The minimum atomic E-state index is 0.150. The summed E-state index contributed by atoms with van der Waals surface area (Å²) in [5, 5.41) is 9.15. The highest BCUT2D eigenvalue weighted by Gasteiger charge is 2.35. The topological polar surface area (TPSA) is 40.5 Å². The minimum absolute atomic E-state index is 0.150. The fourth-order valence-electron chi connectivity index (χ4n) is 1.94. The number of hydrogen-bond acceptors (Lipinski definition) is 2. The average Bonchev–Trinajstić information content (AvgIpc) is 1.93. The molecule has 1 aliphatic rings. The Morgan fingerprint density at radius 1 is 1.54 bits per heavy atom. The summed E-state index contributed by atoms with van der Waals surface area (Å²) in [7, 11) is 0. The number of carbonyl (C=O) groups excluding carboxylic acids is 1. The van der Waals surface area contributed by atoms with E-state index in [2.05, 4.69) is 13.8 Å². The molecule has 0 aliphatic carbocycles. The molecule has 1 N–H and O–H groups in total. The zero-order valence-corrected chi connectivity index (χ0v) is 8.66. The maximum absolute atomic E-state index is 10.9. The van der Waals surface area contributed by atoms with Gasteiger partial charge < -0.3 is 10.0 Å². The fourth-order valence-corrected chi connectivity index (χ4v) is 1.94. The summed E-state index contributed by atoms with van der Waals surface area (Å²) in [6, 6.07) is 0. The van der Waals surface area contributed by atoms with E-state index in [1.54, 1.807) is 6.92 Å². The van der Waals surface area contributed by atoms with E-state index in [1.165, 1.54) is 0 Å². The monoisotopic (exact) mass is 185 g/mol. The van der Waals surface area contributed by atoms with Gasteiger partial charge in [0.25, 0.3) is 0 Å². The highest BCUT2D eigenvalue weighted by atomic mass is 16.3. The highest BCUT2D eigenvalue weighted by Crippen LogP contribution is 2.28. The van der Waals surface area contributed by atoms with Gasteiger partial charge in [-0.2, -0.15) is 0 Å². The zero-order valence-electron chi connectivity index (χ0n) is 8.66. The molecule has 1 atom stereocenters. The molecule has 3 nitrogen and oxygen atoms in total. The molecule has 1 unspecified atom stereocenters. The van der Waals surface area contributed by atoms with Crippen LogP contribution in [0.4, 0.5) is 0 Å². The quantitative estimate of drug-likeness (QED) is 0.704. The van der Waals surface area contributed by atoms with Crippen LogP contribution >= 0.6 is 0 Å². The van der Waals surface area contributed by atoms with Crippen LogP contribution in [0.5, 0.6) is 0 Å². The van der Waals surface area contributed by atoms with Crippen molar-refractivity contribution in [2.75, 3.05) is 19.7 Å². The number of rotatable bonds is 3. The van der Waals surface area contributed by atoms with Crippen LogP contribution in [-0.2, 0) is 4.79 Å². The van der Waals surface area contributed by atoms with Crippen LogP contribution < -0.4 is 0 Å². The maximum Gasteiger partial charge on any atom is 0.219 e. The van der Waals surface area contributed by atoms with E-state index in [4.69, 9.17) is 5.11 Å². The lowest BCUT2D eigenvalue weighted by molar-refractivity contribution is -0.137. The molecule has 0 saturated carbocycles. The van der Waals surface area contributed by atoms with Gasteiger partial charge in [0.05, 0.1) is 0 Å². The van der Waals surface area contributed by atoms with Crippen molar-refractivity contribution in [1.82, 2.24) is 4.90 Å². The summed E-state index contributed by atoms with van der Waals surface area (Å²) in [5.41, 5.74) is 0. The van der Waals surface area contributed by atoms with Crippen molar-refractivity contribution in [3.8, 4) is 0 Å². The summed E-state index contributed by atoms with van der Waals surface area (Å²) in [5.74, 6) is 1.52. The molecule has 1 aliphatic heterocycles. The number of hydrogen-bond donors (Lipinski definition) is 1. The molecule has 0 aromatic heterocycles. The van der Waals surface area contributed by atoms with Crippen LogP contribution in [-0.4, -0.2) is 35.6 Å². The lowest BCUT2D eigenvalue weighted by Gasteiger charge is -2.43. The first-order valence-corrected chi connectivity index (χ1v) is 4.92. The number of aliphatic hydroxyl groups excluding tert-OH is 1. The molecule has 1 fully saturated rings. The lowest BCUT2D eigenvalue weighted by atomic mass is 9.79. The van der Waals surface area contributed by atoms with Crippen molar-refractivity contribution in [2.24, 2.45) is 17.8 Å². The van der Waals surface area contributed by atoms with Gasteiger partial charge in [0.1, 0.15) is 0 Å². The van der Waals surface area contributed by atoms with E-state index in [9.17, 15) is 4.79 Å². The molecule has 3 heteroatoms. The predicted octanol–water partition coefficient (Wildman–Crippen LogP) is 0.729. The molecule has 1 amide bonds. The van der Waals surface area contributed by atoms with E-state index in [-0.39, 0.29) is 12.5 Å². The molecule has 0 aromatic carbocycles. The second-order valence-electron chi connectivity index (χ2n) is 4.27. The van der Waals surface area contributed by atoms with Crippen LogP contribution in [0.1, 0.15) is 20.8 Å². The molecular weight excluding hydrogens is 166 g/mol. The summed E-state index contributed by atoms with van der Waals surface area (Å²) in [6.45, 7) is 7.75. The summed E-state index contributed by atoms with van der Waals surface area (Å²) < 4.78 is 0. The SMILES string of the molecule is CC(=O)N1CC(C(CO)C(C)C)C1. The van der Waals surface area contributed by atoms with Gasteiger partial charge in [-0.05, 0) is 17.8 Å². The van der Waals surface area contributed by atoms with E-state index in [0.29, 0.717) is 17.8 Å². The molecule has 1 heterocycles. The van der Waals surface area contributed by atoms with E-state index in [0.717, 1.165) is 13.1 Å². The molecule has 0 bridgehead atoms. The molecule has 0 spiro atoms. The van der Waals surface area contributed by atoms with Crippen LogP contribution in [0.3, 0.4) is 0 Å². The Kier molecular flexibility index (Phi) is 3.31. The molecule has 13 heavy (non-hydrogen) atoms. The minimum Gasteiger partial charge on any atom is -0.396 e. The third kappa shape index (κ3) is 2.21. The van der Waals surface area contributed by atoms with E-state index in [1.807, 2.05) is 4.90 Å². The first-order chi connectivity index (χ1) is 6.06. The Morgan fingerprint density at radius 2 is 2.08 bits per heavy atom. The molecule has 0 aromatic rings. The molecule has 0 radical (unpaired) electrons. The van der Waals surface area contributed by atoms with Gasteiger partial charge >= 0.3 is 0 Å². The smallest absolute Gasteiger partial charge is 0.219 e. The van der Waals surface area contributed by atoms with Crippen molar-refractivity contribution in [3.05, 3.63) is 0 Å². The highest BCUT2D eigenvalue weighted by molar-refractivity contribution is 5.74. The Hall–Kier alpha value is -0.570. The van der Waals surface area contributed by atoms with Gasteiger partial charge in [0, 0.05) is 26.6 Å². The van der Waals surface area contributed by atoms with Crippen molar-refractivity contribution in [2.45, 2.75) is 20.8 Å². The van der Waals surface area contributed by atoms with Gasteiger partial charge in [-0.15, -0.1) is 0 Å². The maximum atomic E-state index is 10.9. The van der Waals surface area contributed by atoms with Crippen molar-refractivity contribution < 1.29 is 9.90 Å². The van der Waals surface area contributed by atoms with Gasteiger partial charge in [0.2, 0.25) is 5.91 Å². The Balaban J connectivity index is 2.36. The van der Waals surface area contributed by atoms with Gasteiger partial charge in [-0.3, -0.25) is 4.79 Å². The van der Waals surface area contributed by atoms with E-state index >= 15 is 0 Å². The number of nitrogens with zero attached hydrogens (tertiary/aromatic N) is 1. The average molecular weight is 185 g/mol. The summed E-state index contributed by atoms with van der Waals surface area (Å²) in [4.78, 5) is 12.7. The van der Waals surface area contributed by atoms with Crippen LogP contribution in [0.2, 0.25) is 0 Å². The lowest BCUT2D eigenvalue weighted by Crippen LogP contribution is -2.53. The molecule has 1 rings (SSSR count). The third-order valence-corrected chi connectivity index (χ3v) is 3.03. The van der Waals surface area contributed by atoms with Crippen molar-refractivity contribution in [3.63, 3.8) is 0 Å². The predicted molar refractivity (Wildman–Crippen MR) is 51.2 cm³/mol. The number of amides is 1. The zero-order chi connectivity index (χ0) is 10.0. The molecular formula is C10H19NO2. The van der Waals surface area contributed by atoms with Crippen molar-refractivity contribution >= 4 is 5.91 Å². The normalized spacial score (nSPS) is 20.2.